The predicted octanol–water partition coefficient (Wildman–Crippen LogP) is 4.10. The van der Waals surface area contributed by atoms with Crippen LogP contribution in [-0.2, 0) is 7.05 Å². The number of rotatable bonds is 1. The average Bonchev–Trinajstić information content (AvgIpc) is 2.90. The Kier molecular flexibility index (Phi) is 2.54. The standard InChI is InChI=1S/C18H15N3/c1-12-3-5-13(6-4-12)15-9-17-16(10-19-11-20-17)14-7-8-21(2)18(14)15/h3-11H,1-2H3. The van der Waals surface area contributed by atoms with E-state index in [4.69, 9.17) is 0 Å². The van der Waals surface area contributed by atoms with E-state index in [0.717, 1.165) is 10.9 Å². The van der Waals surface area contributed by atoms with E-state index in [9.17, 15) is 0 Å². The predicted molar refractivity (Wildman–Crippen MR) is 86.2 cm³/mol. The molecular weight excluding hydrogens is 258 g/mol. The summed E-state index contributed by atoms with van der Waals surface area (Å²) < 4.78 is 2.16. The van der Waals surface area contributed by atoms with Crippen LogP contribution in [0.3, 0.4) is 0 Å². The molecular formula is C18H15N3. The van der Waals surface area contributed by atoms with Gasteiger partial charge in [-0.25, -0.2) is 9.97 Å². The first-order valence-electron chi connectivity index (χ1n) is 6.99. The Hall–Kier alpha value is -2.68. The Morgan fingerprint density at radius 3 is 2.62 bits per heavy atom. The van der Waals surface area contributed by atoms with Crippen molar-refractivity contribution in [1.29, 1.82) is 0 Å². The third kappa shape index (κ3) is 1.82. The third-order valence-corrected chi connectivity index (χ3v) is 4.00. The zero-order chi connectivity index (χ0) is 14.4. The maximum Gasteiger partial charge on any atom is 0.116 e. The fraction of sp³-hybridized carbons (Fsp3) is 0.111. The molecule has 2 aromatic carbocycles. The number of benzene rings is 2. The highest BCUT2D eigenvalue weighted by Gasteiger charge is 2.12. The summed E-state index contributed by atoms with van der Waals surface area (Å²) >= 11 is 0. The van der Waals surface area contributed by atoms with Crippen molar-refractivity contribution in [1.82, 2.24) is 14.5 Å². The van der Waals surface area contributed by atoms with Gasteiger partial charge in [0, 0.05) is 35.8 Å². The van der Waals surface area contributed by atoms with Gasteiger partial charge in [-0.3, -0.25) is 0 Å². The van der Waals surface area contributed by atoms with Crippen LogP contribution in [0.5, 0.6) is 0 Å². The lowest BCUT2D eigenvalue weighted by Crippen LogP contribution is -1.91. The molecule has 0 N–H and O–H groups in total. The number of hydrogen-bond acceptors (Lipinski definition) is 2. The molecule has 0 amide bonds. The van der Waals surface area contributed by atoms with E-state index in [0.29, 0.717) is 0 Å². The second-order valence-electron chi connectivity index (χ2n) is 5.43. The normalized spacial score (nSPS) is 11.3. The molecule has 0 spiro atoms. The summed E-state index contributed by atoms with van der Waals surface area (Å²) in [4.78, 5) is 8.59. The number of aromatic nitrogens is 3. The van der Waals surface area contributed by atoms with Crippen LogP contribution in [-0.4, -0.2) is 14.5 Å². The highest BCUT2D eigenvalue weighted by Crippen LogP contribution is 2.34. The Labute approximate surface area is 122 Å². The first-order chi connectivity index (χ1) is 10.2. The molecule has 0 radical (unpaired) electrons. The van der Waals surface area contributed by atoms with E-state index in [1.165, 1.54) is 27.6 Å². The fourth-order valence-corrected chi connectivity index (χ4v) is 2.90. The van der Waals surface area contributed by atoms with Crippen molar-refractivity contribution in [3.63, 3.8) is 0 Å². The van der Waals surface area contributed by atoms with E-state index in [1.54, 1.807) is 6.33 Å². The lowest BCUT2D eigenvalue weighted by molar-refractivity contribution is 0.970. The minimum Gasteiger partial charge on any atom is -0.350 e. The molecule has 3 heteroatoms. The molecule has 0 unspecified atom stereocenters. The van der Waals surface area contributed by atoms with Gasteiger partial charge in [-0.1, -0.05) is 29.8 Å². The second kappa shape index (κ2) is 4.42. The van der Waals surface area contributed by atoms with Gasteiger partial charge in [0.2, 0.25) is 0 Å². The summed E-state index contributed by atoms with van der Waals surface area (Å²) in [5, 5.41) is 2.30. The highest BCUT2D eigenvalue weighted by molar-refractivity contribution is 6.11. The summed E-state index contributed by atoms with van der Waals surface area (Å²) in [6.07, 6.45) is 5.59. The molecule has 0 aliphatic rings. The van der Waals surface area contributed by atoms with Crippen molar-refractivity contribution >= 4 is 21.8 Å². The number of nitrogens with zero attached hydrogens (tertiary/aromatic N) is 3. The molecule has 4 rings (SSSR count). The molecule has 0 aliphatic heterocycles. The van der Waals surface area contributed by atoms with Crippen LogP contribution in [0, 0.1) is 6.92 Å². The smallest absolute Gasteiger partial charge is 0.116 e. The van der Waals surface area contributed by atoms with E-state index in [1.807, 2.05) is 6.20 Å². The van der Waals surface area contributed by atoms with E-state index >= 15 is 0 Å². The zero-order valence-corrected chi connectivity index (χ0v) is 12.0. The molecule has 4 aromatic rings. The van der Waals surface area contributed by atoms with Gasteiger partial charge >= 0.3 is 0 Å². The van der Waals surface area contributed by atoms with Gasteiger partial charge in [0.05, 0.1) is 11.0 Å². The highest BCUT2D eigenvalue weighted by atomic mass is 14.9. The second-order valence-corrected chi connectivity index (χ2v) is 5.43. The van der Waals surface area contributed by atoms with Crippen LogP contribution < -0.4 is 0 Å². The zero-order valence-electron chi connectivity index (χ0n) is 12.0. The fourth-order valence-electron chi connectivity index (χ4n) is 2.90. The van der Waals surface area contributed by atoms with Crippen LogP contribution in [0.4, 0.5) is 0 Å². The van der Waals surface area contributed by atoms with Crippen molar-refractivity contribution in [3.8, 4) is 11.1 Å². The number of hydrogen-bond donors (Lipinski definition) is 0. The molecule has 0 bridgehead atoms. The lowest BCUT2D eigenvalue weighted by Gasteiger charge is -2.09. The molecule has 0 aliphatic carbocycles. The summed E-state index contributed by atoms with van der Waals surface area (Å²) in [7, 11) is 2.08. The first kappa shape index (κ1) is 12.1. The van der Waals surface area contributed by atoms with Gasteiger partial charge in [-0.05, 0) is 24.6 Å². The molecule has 0 saturated heterocycles. The van der Waals surface area contributed by atoms with E-state index < -0.39 is 0 Å². The molecule has 102 valence electrons. The van der Waals surface area contributed by atoms with Gasteiger partial charge in [-0.15, -0.1) is 0 Å². The quantitative estimate of drug-likeness (QED) is 0.523. The van der Waals surface area contributed by atoms with Crippen LogP contribution in [0.2, 0.25) is 0 Å². The van der Waals surface area contributed by atoms with Crippen molar-refractivity contribution in [2.45, 2.75) is 6.92 Å². The molecule has 3 nitrogen and oxygen atoms in total. The minimum absolute atomic E-state index is 0.985. The summed E-state index contributed by atoms with van der Waals surface area (Å²) in [5.74, 6) is 0. The monoisotopic (exact) mass is 273 g/mol. The summed E-state index contributed by atoms with van der Waals surface area (Å²) in [6, 6.07) is 12.9. The van der Waals surface area contributed by atoms with Crippen LogP contribution in [0.25, 0.3) is 32.9 Å². The third-order valence-electron chi connectivity index (χ3n) is 4.00. The van der Waals surface area contributed by atoms with Crippen molar-refractivity contribution in [3.05, 3.63) is 60.7 Å². The summed E-state index contributed by atoms with van der Waals surface area (Å²) in [5.41, 5.74) is 5.90. The van der Waals surface area contributed by atoms with Gasteiger partial charge in [-0.2, -0.15) is 0 Å². The maximum absolute atomic E-state index is 4.42. The minimum atomic E-state index is 0.985. The Balaban J connectivity index is 2.15. The Morgan fingerprint density at radius 2 is 1.81 bits per heavy atom. The van der Waals surface area contributed by atoms with E-state index in [2.05, 4.69) is 71.1 Å². The van der Waals surface area contributed by atoms with Gasteiger partial charge < -0.3 is 4.57 Å². The summed E-state index contributed by atoms with van der Waals surface area (Å²) in [6.45, 7) is 2.11. The maximum atomic E-state index is 4.42. The van der Waals surface area contributed by atoms with Crippen LogP contribution in [0.1, 0.15) is 5.56 Å². The molecule has 0 fully saturated rings. The Bertz CT molecular complexity index is 949. The van der Waals surface area contributed by atoms with Crippen molar-refractivity contribution in [2.24, 2.45) is 7.05 Å². The Morgan fingerprint density at radius 1 is 1.00 bits per heavy atom. The number of aryl methyl sites for hydroxylation is 2. The van der Waals surface area contributed by atoms with Crippen LogP contribution >= 0.6 is 0 Å². The van der Waals surface area contributed by atoms with Crippen molar-refractivity contribution < 1.29 is 0 Å². The largest absolute Gasteiger partial charge is 0.350 e. The molecule has 21 heavy (non-hydrogen) atoms. The molecule has 0 saturated carbocycles. The van der Waals surface area contributed by atoms with Crippen LogP contribution in [0.15, 0.2) is 55.1 Å². The lowest BCUT2D eigenvalue weighted by atomic mass is 9.99. The topological polar surface area (TPSA) is 30.7 Å². The van der Waals surface area contributed by atoms with E-state index in [-0.39, 0.29) is 0 Å². The van der Waals surface area contributed by atoms with Gasteiger partial charge in [0.25, 0.3) is 0 Å². The average molecular weight is 273 g/mol. The van der Waals surface area contributed by atoms with Gasteiger partial charge in [0.15, 0.2) is 0 Å². The first-order valence-corrected chi connectivity index (χ1v) is 6.99. The molecule has 2 heterocycles. The number of fused-ring (bicyclic) bond motifs is 3. The van der Waals surface area contributed by atoms with Gasteiger partial charge in [0.1, 0.15) is 6.33 Å². The molecule has 2 aromatic heterocycles. The van der Waals surface area contributed by atoms with Crippen molar-refractivity contribution in [2.75, 3.05) is 0 Å². The molecule has 0 atom stereocenters. The SMILES string of the molecule is Cc1ccc(-c2cc3ncncc3c3ccn(C)c23)cc1.